The molecule has 0 aliphatic carbocycles. The second-order valence-electron chi connectivity index (χ2n) is 3.85. The molecule has 0 aromatic carbocycles. The topological polar surface area (TPSA) is 49.6 Å². The van der Waals surface area contributed by atoms with Crippen molar-refractivity contribution < 1.29 is 4.79 Å². The first-order valence-corrected chi connectivity index (χ1v) is 5.43. The van der Waals surface area contributed by atoms with E-state index in [1.807, 2.05) is 18.7 Å². The third kappa shape index (κ3) is 2.96. The van der Waals surface area contributed by atoms with E-state index in [1.54, 1.807) is 0 Å². The fourth-order valence-corrected chi connectivity index (χ4v) is 1.87. The maximum atomic E-state index is 11.7. The molecule has 14 heavy (non-hydrogen) atoms. The van der Waals surface area contributed by atoms with E-state index in [1.165, 1.54) is 0 Å². The third-order valence-electron chi connectivity index (χ3n) is 2.78. The van der Waals surface area contributed by atoms with Gasteiger partial charge in [0, 0.05) is 32.2 Å². The molecule has 0 radical (unpaired) electrons. The minimum Gasteiger partial charge on any atom is -0.342 e. The van der Waals surface area contributed by atoms with E-state index in [0.29, 0.717) is 6.54 Å². The van der Waals surface area contributed by atoms with Crippen molar-refractivity contribution in [3.05, 3.63) is 0 Å². The first-order chi connectivity index (χ1) is 6.67. The number of nitrogens with two attached hydrogens (primary N) is 1. The highest BCUT2D eigenvalue weighted by molar-refractivity contribution is 5.78. The molecule has 1 rings (SSSR count). The van der Waals surface area contributed by atoms with Gasteiger partial charge in [-0.3, -0.25) is 9.69 Å². The van der Waals surface area contributed by atoms with Crippen LogP contribution in [-0.4, -0.2) is 54.5 Å². The lowest BCUT2D eigenvalue weighted by atomic mass is 10.3. The fourth-order valence-electron chi connectivity index (χ4n) is 1.87. The van der Waals surface area contributed by atoms with E-state index in [9.17, 15) is 4.79 Å². The first kappa shape index (κ1) is 11.5. The van der Waals surface area contributed by atoms with E-state index < -0.39 is 0 Å². The van der Waals surface area contributed by atoms with Gasteiger partial charge < -0.3 is 10.6 Å². The lowest BCUT2D eigenvalue weighted by molar-refractivity contribution is -0.131. The molecule has 0 saturated carbocycles. The number of likely N-dealkylation sites (tertiary alicyclic amines) is 1. The number of amides is 1. The molecule has 2 N–H and O–H groups in total. The van der Waals surface area contributed by atoms with Crippen molar-refractivity contribution in [1.29, 1.82) is 0 Å². The highest BCUT2D eigenvalue weighted by Crippen LogP contribution is 2.06. The van der Waals surface area contributed by atoms with Gasteiger partial charge in [0.15, 0.2) is 0 Å². The van der Waals surface area contributed by atoms with E-state index in [4.69, 9.17) is 5.73 Å². The molecule has 1 atom stereocenters. The Hall–Kier alpha value is -0.610. The molecule has 1 heterocycles. The summed E-state index contributed by atoms with van der Waals surface area (Å²) in [5.41, 5.74) is 5.78. The Morgan fingerprint density at radius 2 is 2.14 bits per heavy atom. The summed E-state index contributed by atoms with van der Waals surface area (Å²) in [6.07, 6.45) is 1.02. The van der Waals surface area contributed by atoms with Gasteiger partial charge in [0.05, 0.1) is 6.54 Å². The fraction of sp³-hybridized carbons (Fsp3) is 0.900. The summed E-state index contributed by atoms with van der Waals surface area (Å²) in [5, 5.41) is 0. The van der Waals surface area contributed by atoms with Gasteiger partial charge in [-0.2, -0.15) is 0 Å². The van der Waals surface area contributed by atoms with Crippen molar-refractivity contribution in [3.8, 4) is 0 Å². The molecular formula is C10H21N3O. The SMILES string of the molecule is CCN(CC)C(=O)CN1CC[C@@H](N)C1. The number of carbonyl (C=O) groups excluding carboxylic acids is 1. The first-order valence-electron chi connectivity index (χ1n) is 5.43. The van der Waals surface area contributed by atoms with Crippen LogP contribution in [-0.2, 0) is 4.79 Å². The molecule has 4 nitrogen and oxygen atoms in total. The molecular weight excluding hydrogens is 178 g/mol. The Bertz CT molecular complexity index is 192. The quantitative estimate of drug-likeness (QED) is 0.687. The summed E-state index contributed by atoms with van der Waals surface area (Å²) < 4.78 is 0. The van der Waals surface area contributed by atoms with Crippen molar-refractivity contribution in [3.63, 3.8) is 0 Å². The standard InChI is InChI=1S/C10H21N3O/c1-3-13(4-2)10(14)8-12-6-5-9(11)7-12/h9H,3-8,11H2,1-2H3/t9-/m1/s1. The third-order valence-corrected chi connectivity index (χ3v) is 2.78. The minimum absolute atomic E-state index is 0.226. The molecule has 0 unspecified atom stereocenters. The minimum atomic E-state index is 0.226. The van der Waals surface area contributed by atoms with Gasteiger partial charge in [0.1, 0.15) is 0 Å². The Kier molecular flexibility index (Phi) is 4.35. The summed E-state index contributed by atoms with van der Waals surface area (Å²) >= 11 is 0. The molecule has 1 aliphatic heterocycles. The second-order valence-corrected chi connectivity index (χ2v) is 3.85. The Balaban J connectivity index is 2.32. The van der Waals surface area contributed by atoms with Crippen LogP contribution >= 0.6 is 0 Å². The van der Waals surface area contributed by atoms with Crippen LogP contribution in [0, 0.1) is 0 Å². The maximum absolute atomic E-state index is 11.7. The Morgan fingerprint density at radius 3 is 2.57 bits per heavy atom. The van der Waals surface area contributed by atoms with Crippen LogP contribution in [0.2, 0.25) is 0 Å². The molecule has 1 aliphatic rings. The average molecular weight is 199 g/mol. The molecule has 0 aromatic heterocycles. The van der Waals surface area contributed by atoms with Crippen molar-refractivity contribution in [2.24, 2.45) is 5.73 Å². The second kappa shape index (κ2) is 5.32. The van der Waals surface area contributed by atoms with Gasteiger partial charge in [0.2, 0.25) is 5.91 Å². The number of hydrogen-bond donors (Lipinski definition) is 1. The monoisotopic (exact) mass is 199 g/mol. The van der Waals surface area contributed by atoms with Gasteiger partial charge in [-0.25, -0.2) is 0 Å². The largest absolute Gasteiger partial charge is 0.342 e. The number of carbonyl (C=O) groups is 1. The van der Waals surface area contributed by atoms with Crippen LogP contribution in [0.25, 0.3) is 0 Å². The van der Waals surface area contributed by atoms with E-state index in [2.05, 4.69) is 4.90 Å². The van der Waals surface area contributed by atoms with Crippen molar-refractivity contribution in [1.82, 2.24) is 9.80 Å². The predicted molar refractivity (Wildman–Crippen MR) is 57.0 cm³/mol. The van der Waals surface area contributed by atoms with Gasteiger partial charge in [-0.05, 0) is 20.3 Å². The summed E-state index contributed by atoms with van der Waals surface area (Å²) in [7, 11) is 0. The zero-order valence-corrected chi connectivity index (χ0v) is 9.20. The molecule has 0 bridgehead atoms. The van der Waals surface area contributed by atoms with Crippen LogP contribution in [0.5, 0.6) is 0 Å². The number of nitrogens with zero attached hydrogens (tertiary/aromatic N) is 2. The molecule has 0 aromatic rings. The van der Waals surface area contributed by atoms with E-state index in [-0.39, 0.29) is 11.9 Å². The number of rotatable bonds is 4. The van der Waals surface area contributed by atoms with Gasteiger partial charge in [-0.1, -0.05) is 0 Å². The smallest absolute Gasteiger partial charge is 0.236 e. The van der Waals surface area contributed by atoms with Crippen LogP contribution in [0.3, 0.4) is 0 Å². The van der Waals surface area contributed by atoms with E-state index >= 15 is 0 Å². The van der Waals surface area contributed by atoms with Crippen molar-refractivity contribution >= 4 is 5.91 Å². The summed E-state index contributed by atoms with van der Waals surface area (Å²) in [4.78, 5) is 15.7. The summed E-state index contributed by atoms with van der Waals surface area (Å²) in [5.74, 6) is 0.226. The van der Waals surface area contributed by atoms with Crippen molar-refractivity contribution in [2.75, 3.05) is 32.7 Å². The van der Waals surface area contributed by atoms with Crippen LogP contribution in [0.1, 0.15) is 20.3 Å². The Labute approximate surface area is 86.0 Å². The van der Waals surface area contributed by atoms with Crippen LogP contribution < -0.4 is 5.73 Å². The number of hydrogen-bond acceptors (Lipinski definition) is 3. The summed E-state index contributed by atoms with van der Waals surface area (Å²) in [6, 6.07) is 0.263. The van der Waals surface area contributed by atoms with Crippen LogP contribution in [0.15, 0.2) is 0 Å². The number of likely N-dealkylation sites (N-methyl/N-ethyl adjacent to an activating group) is 1. The van der Waals surface area contributed by atoms with Crippen molar-refractivity contribution in [2.45, 2.75) is 26.3 Å². The lowest BCUT2D eigenvalue weighted by Crippen LogP contribution is -2.40. The highest BCUT2D eigenvalue weighted by Gasteiger charge is 2.22. The van der Waals surface area contributed by atoms with Gasteiger partial charge >= 0.3 is 0 Å². The predicted octanol–water partition coefficient (Wildman–Crippen LogP) is -0.112. The zero-order valence-electron chi connectivity index (χ0n) is 9.20. The molecule has 1 fully saturated rings. The molecule has 0 spiro atoms. The molecule has 1 amide bonds. The van der Waals surface area contributed by atoms with Gasteiger partial charge in [-0.15, -0.1) is 0 Å². The zero-order chi connectivity index (χ0) is 10.6. The van der Waals surface area contributed by atoms with E-state index in [0.717, 1.165) is 32.6 Å². The lowest BCUT2D eigenvalue weighted by Gasteiger charge is -2.22. The highest BCUT2D eigenvalue weighted by atomic mass is 16.2. The molecule has 4 heteroatoms. The maximum Gasteiger partial charge on any atom is 0.236 e. The average Bonchev–Trinajstić information content (AvgIpc) is 2.53. The molecule has 1 saturated heterocycles. The van der Waals surface area contributed by atoms with Gasteiger partial charge in [0.25, 0.3) is 0 Å². The summed E-state index contributed by atoms with van der Waals surface area (Å²) in [6.45, 7) is 8.00. The Morgan fingerprint density at radius 1 is 1.50 bits per heavy atom. The molecule has 82 valence electrons. The van der Waals surface area contributed by atoms with Crippen LogP contribution in [0.4, 0.5) is 0 Å². The normalized spacial score (nSPS) is 22.6.